The van der Waals surface area contributed by atoms with E-state index in [9.17, 15) is 10.1 Å². The van der Waals surface area contributed by atoms with Crippen LogP contribution in [0.25, 0.3) is 11.1 Å². The minimum atomic E-state index is -0.423. The van der Waals surface area contributed by atoms with Gasteiger partial charge in [-0.05, 0) is 41.5 Å². The van der Waals surface area contributed by atoms with Crippen LogP contribution in [0.5, 0.6) is 11.5 Å². The summed E-state index contributed by atoms with van der Waals surface area (Å²) in [6.45, 7) is 0.307. The summed E-state index contributed by atoms with van der Waals surface area (Å²) in [4.78, 5) is 10.7. The molecule has 3 aromatic rings. The minimum absolute atomic E-state index is 0.00548. The second kappa shape index (κ2) is 7.89. The first-order valence-corrected chi connectivity index (χ1v) is 8.25. The van der Waals surface area contributed by atoms with Gasteiger partial charge in [-0.2, -0.15) is 0 Å². The number of nitrogens with zero attached hydrogens (tertiary/aromatic N) is 1. The fourth-order valence-corrected chi connectivity index (χ4v) is 2.75. The van der Waals surface area contributed by atoms with E-state index in [2.05, 4.69) is 0 Å². The Kier molecular flexibility index (Phi) is 5.39. The largest absolute Gasteiger partial charge is 0.497 e. The summed E-state index contributed by atoms with van der Waals surface area (Å²) < 4.78 is 11.1. The third kappa shape index (κ3) is 4.13. The maximum atomic E-state index is 11.1. The third-order valence-corrected chi connectivity index (χ3v) is 4.09. The second-order valence-electron chi connectivity index (χ2n) is 5.58. The van der Waals surface area contributed by atoms with E-state index in [1.807, 2.05) is 30.3 Å². The molecule has 3 rings (SSSR count). The molecule has 0 aliphatic rings. The zero-order chi connectivity index (χ0) is 18.5. The first-order chi connectivity index (χ1) is 12.6. The molecule has 0 spiro atoms. The standard InChI is InChI=1S/C20H16ClNO4/c1-25-18-8-5-15(6-9-18)19-12-17(22(23)24)7-10-20(19)26-13-14-3-2-4-16(21)11-14/h2-12H,13H2,1H3. The van der Waals surface area contributed by atoms with Crippen molar-refractivity contribution in [1.82, 2.24) is 0 Å². The highest BCUT2D eigenvalue weighted by Crippen LogP contribution is 2.34. The van der Waals surface area contributed by atoms with E-state index in [4.69, 9.17) is 21.1 Å². The van der Waals surface area contributed by atoms with Crippen LogP contribution in [0.3, 0.4) is 0 Å². The molecule has 0 atom stereocenters. The van der Waals surface area contributed by atoms with Gasteiger partial charge in [-0.25, -0.2) is 0 Å². The zero-order valence-electron chi connectivity index (χ0n) is 14.0. The van der Waals surface area contributed by atoms with Crippen LogP contribution in [0.2, 0.25) is 5.02 Å². The van der Waals surface area contributed by atoms with Crippen LogP contribution in [0, 0.1) is 10.1 Å². The van der Waals surface area contributed by atoms with Crippen molar-refractivity contribution in [2.24, 2.45) is 0 Å². The van der Waals surface area contributed by atoms with Crippen LogP contribution in [0.1, 0.15) is 5.56 Å². The Balaban J connectivity index is 1.94. The molecule has 0 heterocycles. The molecule has 0 saturated carbocycles. The van der Waals surface area contributed by atoms with Gasteiger partial charge in [0.1, 0.15) is 18.1 Å². The van der Waals surface area contributed by atoms with E-state index in [1.54, 1.807) is 31.4 Å². The molecule has 0 aliphatic carbocycles. The van der Waals surface area contributed by atoms with Crippen molar-refractivity contribution in [1.29, 1.82) is 0 Å². The summed E-state index contributed by atoms with van der Waals surface area (Å²) in [6, 6.07) is 19.2. The Morgan fingerprint density at radius 3 is 2.46 bits per heavy atom. The number of hydrogen-bond donors (Lipinski definition) is 0. The Hall–Kier alpha value is -3.05. The van der Waals surface area contributed by atoms with E-state index in [0.29, 0.717) is 28.7 Å². The molecule has 0 saturated heterocycles. The molecule has 0 radical (unpaired) electrons. The second-order valence-corrected chi connectivity index (χ2v) is 6.02. The van der Waals surface area contributed by atoms with E-state index < -0.39 is 4.92 Å². The van der Waals surface area contributed by atoms with Crippen LogP contribution in [0.4, 0.5) is 5.69 Å². The van der Waals surface area contributed by atoms with Crippen molar-refractivity contribution in [3.05, 3.63) is 87.4 Å². The van der Waals surface area contributed by atoms with Crippen LogP contribution in [-0.2, 0) is 6.61 Å². The molecule has 5 nitrogen and oxygen atoms in total. The highest BCUT2D eigenvalue weighted by Gasteiger charge is 2.14. The van der Waals surface area contributed by atoms with Gasteiger partial charge in [0.15, 0.2) is 0 Å². The van der Waals surface area contributed by atoms with Crippen molar-refractivity contribution < 1.29 is 14.4 Å². The van der Waals surface area contributed by atoms with E-state index >= 15 is 0 Å². The Bertz CT molecular complexity index is 925. The van der Waals surface area contributed by atoms with Gasteiger partial charge in [0.2, 0.25) is 0 Å². The molecule has 0 N–H and O–H groups in total. The summed E-state index contributed by atoms with van der Waals surface area (Å²) >= 11 is 6.00. The van der Waals surface area contributed by atoms with Gasteiger partial charge in [0.05, 0.1) is 12.0 Å². The van der Waals surface area contributed by atoms with Gasteiger partial charge in [-0.3, -0.25) is 10.1 Å². The highest BCUT2D eigenvalue weighted by atomic mass is 35.5. The molecular formula is C20H16ClNO4. The normalized spacial score (nSPS) is 10.4. The first-order valence-electron chi connectivity index (χ1n) is 7.87. The summed E-state index contributed by atoms with van der Waals surface area (Å²) in [5.74, 6) is 1.27. The Morgan fingerprint density at radius 1 is 1.04 bits per heavy atom. The minimum Gasteiger partial charge on any atom is -0.497 e. The molecule has 0 aromatic heterocycles. The van der Waals surface area contributed by atoms with Crippen molar-refractivity contribution >= 4 is 17.3 Å². The summed E-state index contributed by atoms with van der Waals surface area (Å²) in [5.41, 5.74) is 2.36. The molecule has 3 aromatic carbocycles. The number of hydrogen-bond acceptors (Lipinski definition) is 4. The van der Waals surface area contributed by atoms with E-state index in [-0.39, 0.29) is 5.69 Å². The summed E-state index contributed by atoms with van der Waals surface area (Å²) in [6.07, 6.45) is 0. The molecule has 0 amide bonds. The van der Waals surface area contributed by atoms with Gasteiger partial charge in [-0.15, -0.1) is 0 Å². The molecule has 6 heteroatoms. The number of ether oxygens (including phenoxy) is 2. The number of halogens is 1. The molecule has 0 fully saturated rings. The fraction of sp³-hybridized carbons (Fsp3) is 0.100. The number of non-ortho nitro benzene ring substituents is 1. The fourth-order valence-electron chi connectivity index (χ4n) is 2.54. The predicted octanol–water partition coefficient (Wildman–Crippen LogP) is 5.50. The van der Waals surface area contributed by atoms with Crippen molar-refractivity contribution in [2.45, 2.75) is 6.61 Å². The molecule has 0 aliphatic heterocycles. The lowest BCUT2D eigenvalue weighted by atomic mass is 10.0. The predicted molar refractivity (Wildman–Crippen MR) is 101 cm³/mol. The summed E-state index contributed by atoms with van der Waals surface area (Å²) in [5, 5.41) is 11.8. The van der Waals surface area contributed by atoms with Crippen molar-refractivity contribution in [3.8, 4) is 22.6 Å². The number of rotatable bonds is 6. The lowest BCUT2D eigenvalue weighted by Crippen LogP contribution is -1.98. The Labute approximate surface area is 155 Å². The Morgan fingerprint density at radius 2 is 1.81 bits per heavy atom. The van der Waals surface area contributed by atoms with Gasteiger partial charge in [0, 0.05) is 22.7 Å². The topological polar surface area (TPSA) is 61.6 Å². The molecule has 26 heavy (non-hydrogen) atoms. The van der Waals surface area contributed by atoms with Gasteiger partial charge in [0.25, 0.3) is 5.69 Å². The third-order valence-electron chi connectivity index (χ3n) is 3.86. The maximum Gasteiger partial charge on any atom is 0.270 e. The van der Waals surface area contributed by atoms with Crippen molar-refractivity contribution in [2.75, 3.05) is 7.11 Å². The number of nitro benzene ring substituents is 1. The lowest BCUT2D eigenvalue weighted by molar-refractivity contribution is -0.384. The maximum absolute atomic E-state index is 11.1. The highest BCUT2D eigenvalue weighted by molar-refractivity contribution is 6.30. The zero-order valence-corrected chi connectivity index (χ0v) is 14.8. The summed E-state index contributed by atoms with van der Waals surface area (Å²) in [7, 11) is 1.59. The monoisotopic (exact) mass is 369 g/mol. The molecule has 132 valence electrons. The number of nitro groups is 1. The van der Waals surface area contributed by atoms with Crippen LogP contribution >= 0.6 is 11.6 Å². The van der Waals surface area contributed by atoms with Crippen molar-refractivity contribution in [3.63, 3.8) is 0 Å². The lowest BCUT2D eigenvalue weighted by Gasteiger charge is -2.12. The average Bonchev–Trinajstić information content (AvgIpc) is 2.66. The van der Waals surface area contributed by atoms with Crippen LogP contribution in [0.15, 0.2) is 66.7 Å². The SMILES string of the molecule is COc1ccc(-c2cc([N+](=O)[O-])ccc2OCc2cccc(Cl)c2)cc1. The molecule has 0 bridgehead atoms. The van der Waals surface area contributed by atoms with E-state index in [0.717, 1.165) is 11.1 Å². The average molecular weight is 370 g/mol. The molecule has 0 unspecified atom stereocenters. The van der Waals surface area contributed by atoms with Crippen LogP contribution < -0.4 is 9.47 Å². The van der Waals surface area contributed by atoms with Gasteiger partial charge >= 0.3 is 0 Å². The quantitative estimate of drug-likeness (QED) is 0.425. The smallest absolute Gasteiger partial charge is 0.270 e. The first kappa shape index (κ1) is 17.8. The van der Waals surface area contributed by atoms with E-state index in [1.165, 1.54) is 12.1 Å². The van der Waals surface area contributed by atoms with Gasteiger partial charge < -0.3 is 9.47 Å². The number of benzene rings is 3. The number of methoxy groups -OCH3 is 1. The molecular weight excluding hydrogens is 354 g/mol. The van der Waals surface area contributed by atoms with Gasteiger partial charge in [-0.1, -0.05) is 35.9 Å². The van der Waals surface area contributed by atoms with Crippen LogP contribution in [-0.4, -0.2) is 12.0 Å².